The predicted octanol–water partition coefficient (Wildman–Crippen LogP) is 2.93. The molecule has 1 rings (SSSR count). The van der Waals surface area contributed by atoms with E-state index in [4.69, 9.17) is 0 Å². The van der Waals surface area contributed by atoms with Crippen LogP contribution in [0.15, 0.2) is 9.72 Å². The molecule has 1 heterocycles. The van der Waals surface area contributed by atoms with E-state index in [1.54, 1.807) is 11.3 Å². The van der Waals surface area contributed by atoms with E-state index in [9.17, 15) is 0 Å². The molecular formula is C10H18N2S2. The van der Waals surface area contributed by atoms with Crippen LogP contribution in [0.25, 0.3) is 0 Å². The Morgan fingerprint density at radius 2 is 2.29 bits per heavy atom. The fraction of sp³-hybridized carbons (Fsp3) is 0.700. The number of nitrogens with zero attached hydrogens (tertiary/aromatic N) is 1. The second-order valence-corrected chi connectivity index (χ2v) is 5.91. The van der Waals surface area contributed by atoms with Crippen LogP contribution in [-0.2, 0) is 0 Å². The van der Waals surface area contributed by atoms with E-state index in [-0.39, 0.29) is 0 Å². The van der Waals surface area contributed by atoms with Crippen molar-refractivity contribution >= 4 is 23.1 Å². The minimum absolute atomic E-state index is 0.536. The van der Waals surface area contributed by atoms with Gasteiger partial charge < -0.3 is 5.32 Å². The maximum Gasteiger partial charge on any atom is 0.150 e. The number of hydrogen-bond acceptors (Lipinski definition) is 4. The monoisotopic (exact) mass is 230 g/mol. The predicted molar refractivity (Wildman–Crippen MR) is 65.3 cm³/mol. The molecule has 0 aliphatic heterocycles. The van der Waals surface area contributed by atoms with Gasteiger partial charge in [0.25, 0.3) is 0 Å². The molecule has 0 aliphatic rings. The highest BCUT2D eigenvalue weighted by atomic mass is 32.2. The average Bonchev–Trinajstić information content (AvgIpc) is 2.51. The molecule has 0 amide bonds. The lowest BCUT2D eigenvalue weighted by molar-refractivity contribution is 0.563. The van der Waals surface area contributed by atoms with E-state index >= 15 is 0 Å². The first kappa shape index (κ1) is 12.0. The van der Waals surface area contributed by atoms with Crippen molar-refractivity contribution in [1.82, 2.24) is 10.3 Å². The second kappa shape index (κ2) is 5.73. The van der Waals surface area contributed by atoms with Crippen LogP contribution in [0.2, 0.25) is 0 Å². The zero-order valence-corrected chi connectivity index (χ0v) is 10.8. The largest absolute Gasteiger partial charge is 0.313 e. The molecule has 0 spiro atoms. The van der Waals surface area contributed by atoms with Crippen molar-refractivity contribution in [2.45, 2.75) is 43.3 Å². The third kappa shape index (κ3) is 3.59. The van der Waals surface area contributed by atoms with Gasteiger partial charge in [-0.15, -0.1) is 11.3 Å². The van der Waals surface area contributed by atoms with Gasteiger partial charge in [0, 0.05) is 22.4 Å². The first-order chi connectivity index (χ1) is 6.63. The third-order valence-corrected chi connectivity index (χ3v) is 4.52. The van der Waals surface area contributed by atoms with Crippen molar-refractivity contribution in [2.24, 2.45) is 0 Å². The van der Waals surface area contributed by atoms with Gasteiger partial charge in [-0.2, -0.15) is 0 Å². The molecule has 0 radical (unpaired) electrons. The SMILES string of the molecule is CCNC(C)C(C)Sc1nc(C)cs1. The summed E-state index contributed by atoms with van der Waals surface area (Å²) in [7, 11) is 0. The summed E-state index contributed by atoms with van der Waals surface area (Å²) in [6.07, 6.45) is 0. The van der Waals surface area contributed by atoms with Crippen molar-refractivity contribution in [3.8, 4) is 0 Å². The number of nitrogens with one attached hydrogen (secondary N) is 1. The smallest absolute Gasteiger partial charge is 0.150 e. The van der Waals surface area contributed by atoms with Gasteiger partial charge in [0.2, 0.25) is 0 Å². The molecule has 14 heavy (non-hydrogen) atoms. The van der Waals surface area contributed by atoms with Gasteiger partial charge in [-0.1, -0.05) is 25.6 Å². The topological polar surface area (TPSA) is 24.9 Å². The number of thioether (sulfide) groups is 1. The van der Waals surface area contributed by atoms with E-state index in [0.717, 1.165) is 12.2 Å². The second-order valence-electron chi connectivity index (χ2n) is 3.42. The summed E-state index contributed by atoms with van der Waals surface area (Å²) in [5, 5.41) is 6.10. The summed E-state index contributed by atoms with van der Waals surface area (Å²) in [4.78, 5) is 4.45. The molecule has 1 N–H and O–H groups in total. The molecule has 4 heteroatoms. The summed E-state index contributed by atoms with van der Waals surface area (Å²) < 4.78 is 1.18. The lowest BCUT2D eigenvalue weighted by Crippen LogP contribution is -2.33. The fourth-order valence-electron chi connectivity index (χ4n) is 1.14. The Balaban J connectivity index is 2.43. The van der Waals surface area contributed by atoms with Crippen LogP contribution in [0.4, 0.5) is 0 Å². The number of rotatable bonds is 5. The van der Waals surface area contributed by atoms with E-state index in [0.29, 0.717) is 11.3 Å². The quantitative estimate of drug-likeness (QED) is 0.787. The molecule has 0 fully saturated rings. The van der Waals surface area contributed by atoms with Crippen LogP contribution in [0.3, 0.4) is 0 Å². The van der Waals surface area contributed by atoms with E-state index < -0.39 is 0 Å². The summed E-state index contributed by atoms with van der Waals surface area (Å²) in [6.45, 7) is 9.68. The zero-order valence-electron chi connectivity index (χ0n) is 9.20. The van der Waals surface area contributed by atoms with Crippen molar-refractivity contribution in [1.29, 1.82) is 0 Å². The van der Waals surface area contributed by atoms with Crippen molar-refractivity contribution in [2.75, 3.05) is 6.54 Å². The summed E-state index contributed by atoms with van der Waals surface area (Å²) in [5.41, 5.74) is 1.13. The molecule has 2 unspecified atom stereocenters. The van der Waals surface area contributed by atoms with Crippen LogP contribution >= 0.6 is 23.1 Å². The van der Waals surface area contributed by atoms with Gasteiger partial charge in [0.1, 0.15) is 4.34 Å². The molecule has 80 valence electrons. The number of hydrogen-bond donors (Lipinski definition) is 1. The Kier molecular flexibility index (Phi) is 4.92. The summed E-state index contributed by atoms with van der Waals surface area (Å²) in [6, 6.07) is 0.536. The van der Waals surface area contributed by atoms with Crippen LogP contribution in [0.1, 0.15) is 26.5 Å². The van der Waals surface area contributed by atoms with Crippen molar-refractivity contribution in [3.63, 3.8) is 0 Å². The van der Waals surface area contributed by atoms with E-state index in [2.05, 4.69) is 36.5 Å². The van der Waals surface area contributed by atoms with Crippen molar-refractivity contribution in [3.05, 3.63) is 11.1 Å². The lowest BCUT2D eigenvalue weighted by atomic mass is 10.2. The Bertz CT molecular complexity index is 273. The molecule has 0 aliphatic carbocycles. The number of aryl methyl sites for hydroxylation is 1. The Labute approximate surface area is 94.5 Å². The third-order valence-electron chi connectivity index (χ3n) is 2.11. The molecule has 1 aromatic rings. The molecule has 2 nitrogen and oxygen atoms in total. The fourth-order valence-corrected chi connectivity index (χ4v) is 3.29. The minimum Gasteiger partial charge on any atom is -0.313 e. The molecule has 2 atom stereocenters. The van der Waals surface area contributed by atoms with Crippen LogP contribution in [0, 0.1) is 6.92 Å². The van der Waals surface area contributed by atoms with E-state index in [1.807, 2.05) is 18.7 Å². The zero-order chi connectivity index (χ0) is 10.6. The normalized spacial score (nSPS) is 15.4. The van der Waals surface area contributed by atoms with Gasteiger partial charge >= 0.3 is 0 Å². The Hall–Kier alpha value is -0.0600. The highest BCUT2D eigenvalue weighted by molar-refractivity contribution is 8.01. The van der Waals surface area contributed by atoms with E-state index in [1.165, 1.54) is 4.34 Å². The molecule has 0 aromatic carbocycles. The van der Waals surface area contributed by atoms with Crippen LogP contribution < -0.4 is 5.32 Å². The van der Waals surface area contributed by atoms with Gasteiger partial charge in [0.15, 0.2) is 0 Å². The maximum absolute atomic E-state index is 4.45. The standard InChI is InChI=1S/C10H18N2S2/c1-5-11-8(3)9(4)14-10-12-7(2)6-13-10/h6,8-9,11H,5H2,1-4H3. The Morgan fingerprint density at radius 1 is 1.57 bits per heavy atom. The lowest BCUT2D eigenvalue weighted by Gasteiger charge is -2.18. The molecule has 0 saturated carbocycles. The van der Waals surface area contributed by atoms with Crippen molar-refractivity contribution < 1.29 is 0 Å². The van der Waals surface area contributed by atoms with Gasteiger partial charge in [-0.05, 0) is 20.4 Å². The summed E-state index contributed by atoms with van der Waals surface area (Å²) >= 11 is 3.59. The number of aromatic nitrogens is 1. The number of thiazole rings is 1. The summed E-state index contributed by atoms with van der Waals surface area (Å²) in [5.74, 6) is 0. The molecule has 0 bridgehead atoms. The highest BCUT2D eigenvalue weighted by Crippen LogP contribution is 2.27. The highest BCUT2D eigenvalue weighted by Gasteiger charge is 2.13. The molecule has 0 saturated heterocycles. The molecule has 1 aromatic heterocycles. The van der Waals surface area contributed by atoms with Crippen LogP contribution in [-0.4, -0.2) is 22.8 Å². The first-order valence-electron chi connectivity index (χ1n) is 4.95. The molecular weight excluding hydrogens is 212 g/mol. The maximum atomic E-state index is 4.45. The average molecular weight is 230 g/mol. The first-order valence-corrected chi connectivity index (χ1v) is 6.71. The van der Waals surface area contributed by atoms with Crippen LogP contribution in [0.5, 0.6) is 0 Å². The Morgan fingerprint density at radius 3 is 2.79 bits per heavy atom. The van der Waals surface area contributed by atoms with Gasteiger partial charge in [-0.3, -0.25) is 0 Å². The minimum atomic E-state index is 0.536. The van der Waals surface area contributed by atoms with Gasteiger partial charge in [0.05, 0.1) is 0 Å². The van der Waals surface area contributed by atoms with Gasteiger partial charge in [-0.25, -0.2) is 4.98 Å².